The number of amides is 4. The van der Waals surface area contributed by atoms with E-state index in [4.69, 9.17) is 9.47 Å². The summed E-state index contributed by atoms with van der Waals surface area (Å²) < 4.78 is 10.9. The Morgan fingerprint density at radius 1 is 0.911 bits per heavy atom. The summed E-state index contributed by atoms with van der Waals surface area (Å²) in [6, 6.07) is 29.6. The van der Waals surface area contributed by atoms with Gasteiger partial charge in [0.05, 0.1) is 24.7 Å². The molecular formula is C35H31N3O6S. The van der Waals surface area contributed by atoms with Gasteiger partial charge in [-0.15, -0.1) is 11.8 Å². The van der Waals surface area contributed by atoms with E-state index in [0.29, 0.717) is 40.6 Å². The first-order valence-corrected chi connectivity index (χ1v) is 15.1. The van der Waals surface area contributed by atoms with E-state index in [1.54, 1.807) is 104 Å². The molecule has 0 aromatic heterocycles. The lowest BCUT2D eigenvalue weighted by molar-refractivity contribution is -0.121. The summed E-state index contributed by atoms with van der Waals surface area (Å²) >= 11 is 1.29. The number of thioether (sulfide) groups is 1. The van der Waals surface area contributed by atoms with Gasteiger partial charge in [0, 0.05) is 28.1 Å². The van der Waals surface area contributed by atoms with E-state index in [0.717, 1.165) is 4.90 Å². The zero-order chi connectivity index (χ0) is 31.8. The normalized spacial score (nSPS) is 14.7. The van der Waals surface area contributed by atoms with Gasteiger partial charge in [0.1, 0.15) is 17.2 Å². The van der Waals surface area contributed by atoms with Gasteiger partial charge in [-0.1, -0.05) is 36.4 Å². The van der Waals surface area contributed by atoms with Crippen molar-refractivity contribution in [2.24, 2.45) is 0 Å². The first-order valence-electron chi connectivity index (χ1n) is 14.2. The lowest BCUT2D eigenvalue weighted by Crippen LogP contribution is -2.31. The van der Waals surface area contributed by atoms with Crippen LogP contribution in [0.5, 0.6) is 11.5 Å². The molecule has 1 aliphatic heterocycles. The Morgan fingerprint density at radius 3 is 2.29 bits per heavy atom. The summed E-state index contributed by atoms with van der Waals surface area (Å²) in [6.07, 6.45) is 1.65. The SMILES string of the molecule is CCOc1ccccc1/C=C(\NC(=O)c1ccccc1)C(=O)Nc1ccc(SC2CC(=O)N(c3ccc(OC)cc3)C2=O)cc1. The van der Waals surface area contributed by atoms with E-state index in [1.165, 1.54) is 16.7 Å². The van der Waals surface area contributed by atoms with Crippen LogP contribution in [0.4, 0.5) is 11.4 Å². The molecule has 1 heterocycles. The lowest BCUT2D eigenvalue weighted by Gasteiger charge is -2.15. The maximum Gasteiger partial charge on any atom is 0.272 e. The average Bonchev–Trinajstić information content (AvgIpc) is 3.34. The fourth-order valence-electron chi connectivity index (χ4n) is 4.66. The molecule has 0 bridgehead atoms. The average molecular weight is 622 g/mol. The summed E-state index contributed by atoms with van der Waals surface area (Å²) in [4.78, 5) is 54.2. The molecule has 4 aromatic carbocycles. The van der Waals surface area contributed by atoms with E-state index in [-0.39, 0.29) is 23.9 Å². The fraction of sp³-hybridized carbons (Fsp3) is 0.143. The number of carbonyl (C=O) groups excluding carboxylic acids is 4. The van der Waals surface area contributed by atoms with Crippen LogP contribution in [-0.4, -0.2) is 42.6 Å². The van der Waals surface area contributed by atoms with Gasteiger partial charge in [-0.25, -0.2) is 4.90 Å². The number of para-hydroxylation sites is 1. The number of anilines is 2. The van der Waals surface area contributed by atoms with Gasteiger partial charge in [0.2, 0.25) is 11.8 Å². The maximum atomic E-state index is 13.5. The van der Waals surface area contributed by atoms with E-state index in [2.05, 4.69) is 10.6 Å². The van der Waals surface area contributed by atoms with E-state index in [9.17, 15) is 19.2 Å². The van der Waals surface area contributed by atoms with Gasteiger partial charge >= 0.3 is 0 Å². The number of methoxy groups -OCH3 is 1. The molecule has 228 valence electrons. The molecule has 0 radical (unpaired) electrons. The molecule has 1 unspecified atom stereocenters. The largest absolute Gasteiger partial charge is 0.497 e. The van der Waals surface area contributed by atoms with Crippen LogP contribution in [0.25, 0.3) is 6.08 Å². The number of hydrogen-bond donors (Lipinski definition) is 2. The van der Waals surface area contributed by atoms with Gasteiger partial charge in [0.25, 0.3) is 11.8 Å². The highest BCUT2D eigenvalue weighted by atomic mass is 32.2. The minimum absolute atomic E-state index is 0.0307. The lowest BCUT2D eigenvalue weighted by atomic mass is 10.1. The second kappa shape index (κ2) is 14.4. The molecule has 5 rings (SSSR count). The predicted octanol–water partition coefficient (Wildman–Crippen LogP) is 5.93. The van der Waals surface area contributed by atoms with Crippen molar-refractivity contribution in [1.82, 2.24) is 5.32 Å². The van der Waals surface area contributed by atoms with Crippen LogP contribution in [0.3, 0.4) is 0 Å². The van der Waals surface area contributed by atoms with Crippen molar-refractivity contribution < 1.29 is 28.7 Å². The van der Waals surface area contributed by atoms with Crippen molar-refractivity contribution in [2.75, 3.05) is 23.9 Å². The zero-order valence-corrected chi connectivity index (χ0v) is 25.5. The van der Waals surface area contributed by atoms with Gasteiger partial charge in [-0.2, -0.15) is 0 Å². The van der Waals surface area contributed by atoms with Crippen LogP contribution in [-0.2, 0) is 14.4 Å². The van der Waals surface area contributed by atoms with Crippen molar-refractivity contribution >= 4 is 52.8 Å². The molecule has 9 nitrogen and oxygen atoms in total. The molecule has 0 spiro atoms. The Balaban J connectivity index is 1.29. The molecule has 1 aliphatic rings. The van der Waals surface area contributed by atoms with Gasteiger partial charge in [-0.05, 0) is 79.7 Å². The number of rotatable bonds is 11. The highest BCUT2D eigenvalue weighted by Crippen LogP contribution is 2.35. The van der Waals surface area contributed by atoms with Crippen molar-refractivity contribution in [3.63, 3.8) is 0 Å². The minimum Gasteiger partial charge on any atom is -0.497 e. The molecule has 1 saturated heterocycles. The Bertz CT molecular complexity index is 1720. The molecule has 10 heteroatoms. The third kappa shape index (κ3) is 7.60. The first-order chi connectivity index (χ1) is 21.9. The van der Waals surface area contributed by atoms with E-state index >= 15 is 0 Å². The second-order valence-corrected chi connectivity index (χ2v) is 11.2. The predicted molar refractivity (Wildman–Crippen MR) is 174 cm³/mol. The molecule has 4 amide bonds. The summed E-state index contributed by atoms with van der Waals surface area (Å²) in [7, 11) is 1.55. The molecular weight excluding hydrogens is 590 g/mol. The quantitative estimate of drug-likeness (QED) is 0.158. The number of nitrogens with zero attached hydrogens (tertiary/aromatic N) is 1. The summed E-state index contributed by atoms with van der Waals surface area (Å²) in [5, 5.41) is 4.99. The van der Waals surface area contributed by atoms with Crippen LogP contribution in [0.2, 0.25) is 0 Å². The minimum atomic E-state index is -0.576. The number of ether oxygens (including phenoxy) is 2. The van der Waals surface area contributed by atoms with Crippen molar-refractivity contribution in [3.8, 4) is 11.5 Å². The third-order valence-corrected chi connectivity index (χ3v) is 8.07. The molecule has 1 fully saturated rings. The molecule has 4 aromatic rings. The number of benzene rings is 4. The fourth-order valence-corrected chi connectivity index (χ4v) is 5.72. The molecule has 0 aliphatic carbocycles. The van der Waals surface area contributed by atoms with Gasteiger partial charge in [-0.3, -0.25) is 19.2 Å². The molecule has 2 N–H and O–H groups in total. The number of carbonyl (C=O) groups is 4. The molecule has 0 saturated carbocycles. The number of hydrogen-bond acceptors (Lipinski definition) is 7. The van der Waals surface area contributed by atoms with Crippen LogP contribution in [0, 0.1) is 0 Å². The molecule has 45 heavy (non-hydrogen) atoms. The number of nitrogens with one attached hydrogen (secondary N) is 2. The Labute approximate surface area is 265 Å². The van der Waals surface area contributed by atoms with Gasteiger partial charge < -0.3 is 20.1 Å². The summed E-state index contributed by atoms with van der Waals surface area (Å²) in [6.45, 7) is 2.30. The first kappa shape index (κ1) is 31.1. The monoisotopic (exact) mass is 621 g/mol. The Kier molecular flexibility index (Phi) is 9.96. The highest BCUT2D eigenvalue weighted by molar-refractivity contribution is 8.00. The van der Waals surface area contributed by atoms with Crippen LogP contribution < -0.4 is 25.0 Å². The van der Waals surface area contributed by atoms with Crippen LogP contribution >= 0.6 is 11.8 Å². The third-order valence-electron chi connectivity index (χ3n) is 6.87. The van der Waals surface area contributed by atoms with Crippen LogP contribution in [0.15, 0.2) is 114 Å². The summed E-state index contributed by atoms with van der Waals surface area (Å²) in [5.74, 6) is -0.313. The van der Waals surface area contributed by atoms with Crippen LogP contribution in [0.1, 0.15) is 29.3 Å². The Hall–Kier alpha value is -5.35. The summed E-state index contributed by atoms with van der Waals surface area (Å²) in [5.41, 5.74) is 2.04. The second-order valence-electron chi connectivity index (χ2n) is 9.90. The standard InChI is InChI=1S/C35H31N3O6S/c1-3-44-30-12-8-7-11-24(30)21-29(37-33(40)23-9-5-4-6-10-23)34(41)36-25-13-19-28(20-14-25)45-31-22-32(39)38(35(31)42)26-15-17-27(43-2)18-16-26/h4-21,31H,3,22H2,1-2H3,(H,36,41)(H,37,40)/b29-21-. The van der Waals surface area contributed by atoms with Crippen molar-refractivity contribution in [3.05, 3.63) is 120 Å². The molecule has 1 atom stereocenters. The Morgan fingerprint density at radius 2 is 1.60 bits per heavy atom. The maximum absolute atomic E-state index is 13.5. The topological polar surface area (TPSA) is 114 Å². The van der Waals surface area contributed by atoms with Crippen molar-refractivity contribution in [2.45, 2.75) is 23.5 Å². The zero-order valence-electron chi connectivity index (χ0n) is 24.7. The van der Waals surface area contributed by atoms with E-state index < -0.39 is 17.1 Å². The van der Waals surface area contributed by atoms with E-state index in [1.807, 2.05) is 19.1 Å². The number of imide groups is 1. The van der Waals surface area contributed by atoms with Gasteiger partial charge in [0.15, 0.2) is 0 Å². The highest BCUT2D eigenvalue weighted by Gasteiger charge is 2.40. The van der Waals surface area contributed by atoms with Crippen molar-refractivity contribution in [1.29, 1.82) is 0 Å². The smallest absolute Gasteiger partial charge is 0.272 e.